The lowest BCUT2D eigenvalue weighted by Crippen LogP contribution is -2.06. The summed E-state index contributed by atoms with van der Waals surface area (Å²) in [5, 5.41) is 1.64. The average molecular weight is 235 g/mol. The molecule has 14 heavy (non-hydrogen) atoms. The minimum absolute atomic E-state index is 0.00684. The van der Waals surface area contributed by atoms with Crippen LogP contribution in [0.4, 0.5) is 0 Å². The van der Waals surface area contributed by atoms with E-state index in [0.717, 1.165) is 10.1 Å². The molecule has 0 saturated heterocycles. The van der Waals surface area contributed by atoms with Crippen molar-refractivity contribution in [3.8, 4) is 0 Å². The van der Waals surface area contributed by atoms with Crippen molar-refractivity contribution in [3.05, 3.63) is 22.2 Å². The number of allylic oxidation sites excluding steroid dienone is 4. The van der Waals surface area contributed by atoms with Crippen molar-refractivity contribution >= 4 is 23.2 Å². The standard InChI is InChI=1S/C12H20Cl2/c1-11(2,3)9(13)7-8-10(14)12(4,5)6/h7-8H,1-6H3/b9-7-,10-8-. The lowest BCUT2D eigenvalue weighted by atomic mass is 9.93. The van der Waals surface area contributed by atoms with E-state index in [-0.39, 0.29) is 10.8 Å². The highest BCUT2D eigenvalue weighted by atomic mass is 35.5. The Morgan fingerprint density at radius 1 is 0.714 bits per heavy atom. The highest BCUT2D eigenvalue weighted by molar-refractivity contribution is 6.31. The first-order chi connectivity index (χ1) is 6.05. The molecule has 82 valence electrons. The largest absolute Gasteiger partial charge is 0.0886 e. The molecule has 0 aromatic rings. The molecule has 0 fully saturated rings. The molecule has 0 rings (SSSR count). The second kappa shape index (κ2) is 4.72. The third-order valence-corrected chi connectivity index (χ3v) is 3.19. The van der Waals surface area contributed by atoms with Crippen LogP contribution in [0, 0.1) is 10.8 Å². The van der Waals surface area contributed by atoms with Crippen LogP contribution in [0.3, 0.4) is 0 Å². The Kier molecular flexibility index (Phi) is 4.74. The molecule has 0 aliphatic heterocycles. The van der Waals surface area contributed by atoms with E-state index in [1.54, 1.807) is 0 Å². The summed E-state index contributed by atoms with van der Waals surface area (Å²) in [5.74, 6) is 0. The van der Waals surface area contributed by atoms with Crippen molar-refractivity contribution in [3.63, 3.8) is 0 Å². The maximum absolute atomic E-state index is 6.11. The third-order valence-electron chi connectivity index (χ3n) is 1.81. The zero-order chi connectivity index (χ0) is 11.6. The SMILES string of the molecule is CC(C)(C)/C(Cl)=C/C=C(\Cl)C(C)(C)C. The highest BCUT2D eigenvalue weighted by Gasteiger charge is 2.16. The summed E-state index contributed by atoms with van der Waals surface area (Å²) in [6, 6.07) is 0. The summed E-state index contributed by atoms with van der Waals surface area (Å²) in [6.07, 6.45) is 3.77. The van der Waals surface area contributed by atoms with Crippen LogP contribution in [-0.2, 0) is 0 Å². The maximum atomic E-state index is 6.11. The Balaban J connectivity index is 4.73. The third kappa shape index (κ3) is 5.07. The van der Waals surface area contributed by atoms with Gasteiger partial charge in [0, 0.05) is 10.1 Å². The average Bonchev–Trinajstić information content (AvgIpc) is 1.95. The molecule has 0 atom stereocenters. The molecule has 0 amide bonds. The van der Waals surface area contributed by atoms with Crippen LogP contribution in [0.25, 0.3) is 0 Å². The molecule has 0 aromatic heterocycles. The molecule has 2 heteroatoms. The summed E-state index contributed by atoms with van der Waals surface area (Å²) < 4.78 is 0. The lowest BCUT2D eigenvalue weighted by molar-refractivity contribution is 0.526. The van der Waals surface area contributed by atoms with Gasteiger partial charge in [-0.25, -0.2) is 0 Å². The summed E-state index contributed by atoms with van der Waals surface area (Å²) >= 11 is 12.2. The van der Waals surface area contributed by atoms with Gasteiger partial charge >= 0.3 is 0 Å². The maximum Gasteiger partial charge on any atom is 0.0234 e. The molecule has 0 spiro atoms. The molecule has 0 N–H and O–H groups in total. The smallest absolute Gasteiger partial charge is 0.0234 e. The van der Waals surface area contributed by atoms with Gasteiger partial charge < -0.3 is 0 Å². The highest BCUT2D eigenvalue weighted by Crippen LogP contribution is 2.31. The van der Waals surface area contributed by atoms with Crippen molar-refractivity contribution in [2.75, 3.05) is 0 Å². The van der Waals surface area contributed by atoms with Gasteiger partial charge in [-0.1, -0.05) is 64.7 Å². The normalized spacial score (nSPS) is 16.0. The number of hydrogen-bond acceptors (Lipinski definition) is 0. The molecule has 0 saturated carbocycles. The molecule has 0 unspecified atom stereocenters. The van der Waals surface area contributed by atoms with Crippen LogP contribution in [0.5, 0.6) is 0 Å². The second-order valence-electron chi connectivity index (χ2n) is 5.53. The van der Waals surface area contributed by atoms with Crippen LogP contribution in [-0.4, -0.2) is 0 Å². The Hall–Kier alpha value is 0.0600. The minimum Gasteiger partial charge on any atom is -0.0886 e. The van der Waals surface area contributed by atoms with E-state index in [2.05, 4.69) is 41.5 Å². The van der Waals surface area contributed by atoms with Crippen LogP contribution in [0.15, 0.2) is 22.2 Å². The van der Waals surface area contributed by atoms with Gasteiger partial charge in [0.2, 0.25) is 0 Å². The van der Waals surface area contributed by atoms with Gasteiger partial charge in [0.25, 0.3) is 0 Å². The van der Waals surface area contributed by atoms with Gasteiger partial charge in [-0.2, -0.15) is 0 Å². The zero-order valence-corrected chi connectivity index (χ0v) is 11.4. The van der Waals surface area contributed by atoms with Gasteiger partial charge in [-0.05, 0) is 23.0 Å². The van der Waals surface area contributed by atoms with E-state index < -0.39 is 0 Å². The molecule has 0 aliphatic rings. The molecule has 0 nitrogen and oxygen atoms in total. The monoisotopic (exact) mass is 234 g/mol. The fraction of sp³-hybridized carbons (Fsp3) is 0.667. The molecule has 0 heterocycles. The summed E-state index contributed by atoms with van der Waals surface area (Å²) in [4.78, 5) is 0. The predicted octanol–water partition coefficient (Wildman–Crippen LogP) is 5.32. The summed E-state index contributed by atoms with van der Waals surface area (Å²) in [7, 11) is 0. The van der Waals surface area contributed by atoms with E-state index in [4.69, 9.17) is 23.2 Å². The van der Waals surface area contributed by atoms with E-state index in [1.807, 2.05) is 12.2 Å². The van der Waals surface area contributed by atoms with Crippen molar-refractivity contribution < 1.29 is 0 Å². The Bertz CT molecular complexity index is 218. The minimum atomic E-state index is -0.00684. The van der Waals surface area contributed by atoms with Crippen LogP contribution < -0.4 is 0 Å². The van der Waals surface area contributed by atoms with Crippen LogP contribution in [0.1, 0.15) is 41.5 Å². The zero-order valence-electron chi connectivity index (χ0n) is 9.91. The Morgan fingerprint density at radius 3 is 1.07 bits per heavy atom. The van der Waals surface area contributed by atoms with E-state index >= 15 is 0 Å². The number of halogens is 2. The summed E-state index contributed by atoms with van der Waals surface area (Å²) in [6.45, 7) is 12.4. The van der Waals surface area contributed by atoms with Crippen LogP contribution in [0.2, 0.25) is 0 Å². The lowest BCUT2D eigenvalue weighted by Gasteiger charge is -2.18. The fourth-order valence-electron chi connectivity index (χ4n) is 0.646. The predicted molar refractivity (Wildman–Crippen MR) is 66.8 cm³/mol. The molecular weight excluding hydrogens is 215 g/mol. The van der Waals surface area contributed by atoms with Crippen molar-refractivity contribution in [1.29, 1.82) is 0 Å². The molecule has 0 aromatic carbocycles. The molecular formula is C12H20Cl2. The topological polar surface area (TPSA) is 0 Å². The Labute approximate surface area is 98.0 Å². The van der Waals surface area contributed by atoms with Gasteiger partial charge in [0.15, 0.2) is 0 Å². The van der Waals surface area contributed by atoms with E-state index in [0.29, 0.717) is 0 Å². The quantitative estimate of drug-likeness (QED) is 0.539. The number of rotatable bonds is 1. The molecule has 0 radical (unpaired) electrons. The molecule has 0 bridgehead atoms. The van der Waals surface area contributed by atoms with Gasteiger partial charge in [-0.15, -0.1) is 0 Å². The van der Waals surface area contributed by atoms with E-state index in [9.17, 15) is 0 Å². The van der Waals surface area contributed by atoms with Gasteiger partial charge in [0.1, 0.15) is 0 Å². The first-order valence-electron chi connectivity index (χ1n) is 4.79. The Morgan fingerprint density at radius 2 is 0.929 bits per heavy atom. The molecule has 0 aliphatic carbocycles. The summed E-state index contributed by atoms with van der Waals surface area (Å²) in [5.41, 5.74) is -0.0137. The van der Waals surface area contributed by atoms with Crippen LogP contribution >= 0.6 is 23.2 Å². The van der Waals surface area contributed by atoms with Gasteiger partial charge in [0.05, 0.1) is 0 Å². The van der Waals surface area contributed by atoms with Crippen molar-refractivity contribution in [1.82, 2.24) is 0 Å². The first kappa shape index (κ1) is 14.1. The van der Waals surface area contributed by atoms with Crippen molar-refractivity contribution in [2.45, 2.75) is 41.5 Å². The van der Waals surface area contributed by atoms with Gasteiger partial charge in [-0.3, -0.25) is 0 Å². The van der Waals surface area contributed by atoms with Crippen molar-refractivity contribution in [2.24, 2.45) is 10.8 Å². The number of hydrogen-bond donors (Lipinski definition) is 0. The second-order valence-corrected chi connectivity index (χ2v) is 6.34. The fourth-order valence-corrected chi connectivity index (χ4v) is 0.772. The first-order valence-corrected chi connectivity index (χ1v) is 5.54. The van der Waals surface area contributed by atoms with E-state index in [1.165, 1.54) is 0 Å².